The van der Waals surface area contributed by atoms with Gasteiger partial charge in [0.05, 0.1) is 0 Å². The van der Waals surface area contributed by atoms with E-state index in [2.05, 4.69) is 47.3 Å². The number of rotatable bonds is 10. The molecule has 4 aliphatic carbocycles. The zero-order valence-corrected chi connectivity index (χ0v) is 28.3. The van der Waals surface area contributed by atoms with Crippen LogP contribution in [0.1, 0.15) is 150 Å². The Morgan fingerprint density at radius 1 is 0.500 bits per heavy atom. The second kappa shape index (κ2) is 14.4. The predicted molar refractivity (Wildman–Crippen MR) is 172 cm³/mol. The summed E-state index contributed by atoms with van der Waals surface area (Å²) in [5.74, 6) is 10.6. The largest absolute Gasteiger partial charge is 0.0693 e. The Morgan fingerprint density at radius 3 is 1.16 bits per heavy atom. The molecule has 0 N–H and O–H groups in total. The molecule has 2 unspecified atom stereocenters. The van der Waals surface area contributed by atoms with Crippen molar-refractivity contribution in [2.45, 2.75) is 175 Å². The molecule has 222 valence electrons. The first-order chi connectivity index (χ1) is 18.3. The topological polar surface area (TPSA) is 0 Å². The molecular formula is C37H70Si. The van der Waals surface area contributed by atoms with Crippen LogP contribution in [0.4, 0.5) is 0 Å². The molecule has 2 atom stereocenters. The van der Waals surface area contributed by atoms with Crippen LogP contribution in [0.3, 0.4) is 0 Å². The van der Waals surface area contributed by atoms with Crippen molar-refractivity contribution in [3.8, 4) is 0 Å². The molecule has 4 saturated carbocycles. The summed E-state index contributed by atoms with van der Waals surface area (Å²) in [5, 5.41) is 0. The minimum absolute atomic E-state index is 0.914. The van der Waals surface area contributed by atoms with Crippen LogP contribution >= 0.6 is 0 Å². The molecule has 1 heteroatoms. The van der Waals surface area contributed by atoms with Crippen LogP contribution in [-0.4, -0.2) is 8.07 Å². The van der Waals surface area contributed by atoms with E-state index >= 15 is 0 Å². The summed E-state index contributed by atoms with van der Waals surface area (Å²) in [6.45, 7) is 17.8. The summed E-state index contributed by atoms with van der Waals surface area (Å²) in [7, 11) is -0.914. The SMILES string of the molecule is CCC(CC)CC1C(CC)CC(C2CCC(C3CCC(C4CCC([Si](C)(C)C)CC4)CC3)CC2)CC1CC. The Balaban J connectivity index is 1.21. The summed E-state index contributed by atoms with van der Waals surface area (Å²) >= 11 is 0. The van der Waals surface area contributed by atoms with Crippen molar-refractivity contribution in [3.05, 3.63) is 0 Å². The lowest BCUT2D eigenvalue weighted by Gasteiger charge is -2.47. The standard InChI is InChI=1S/C37H70Si/c1-8-27(9-2)24-37-28(10-3)25-35(26-29(37)11-4)34-18-16-31(17-19-34)30-12-14-32(15-13-30)33-20-22-36(23-21-33)38(5,6)7/h27-37H,8-26H2,1-7H3. The third-order valence-corrected chi connectivity index (χ3v) is 16.9. The van der Waals surface area contributed by atoms with Crippen LogP contribution < -0.4 is 0 Å². The normalized spacial score (nSPS) is 41.4. The summed E-state index contributed by atoms with van der Waals surface area (Å²) in [5.41, 5.74) is 1.12. The highest BCUT2D eigenvalue weighted by atomic mass is 28.3. The van der Waals surface area contributed by atoms with E-state index in [1.54, 1.807) is 89.9 Å². The maximum Gasteiger partial charge on any atom is 0.0473 e. The van der Waals surface area contributed by atoms with Gasteiger partial charge in [-0.3, -0.25) is 0 Å². The highest BCUT2D eigenvalue weighted by molar-refractivity contribution is 6.77. The van der Waals surface area contributed by atoms with Crippen LogP contribution in [-0.2, 0) is 0 Å². The van der Waals surface area contributed by atoms with E-state index in [9.17, 15) is 0 Å². The Bertz CT molecular complexity index is 635. The van der Waals surface area contributed by atoms with E-state index < -0.39 is 8.07 Å². The van der Waals surface area contributed by atoms with E-state index in [0.29, 0.717) is 0 Å². The van der Waals surface area contributed by atoms with Crippen molar-refractivity contribution in [1.82, 2.24) is 0 Å². The zero-order valence-electron chi connectivity index (χ0n) is 27.3. The van der Waals surface area contributed by atoms with E-state index in [4.69, 9.17) is 0 Å². The third kappa shape index (κ3) is 7.73. The Labute approximate surface area is 241 Å². The minimum atomic E-state index is -0.914. The Morgan fingerprint density at radius 2 is 0.842 bits per heavy atom. The van der Waals surface area contributed by atoms with Crippen LogP contribution in [0.2, 0.25) is 25.2 Å². The fourth-order valence-corrected chi connectivity index (χ4v) is 13.0. The lowest BCUT2D eigenvalue weighted by molar-refractivity contribution is 0.0300. The lowest BCUT2D eigenvalue weighted by atomic mass is 9.58. The molecule has 0 saturated heterocycles. The van der Waals surface area contributed by atoms with Crippen molar-refractivity contribution in [2.24, 2.45) is 59.2 Å². The van der Waals surface area contributed by atoms with E-state index in [-0.39, 0.29) is 0 Å². The zero-order chi connectivity index (χ0) is 27.3. The second-order valence-electron chi connectivity index (χ2n) is 16.5. The smallest absolute Gasteiger partial charge is 0.0473 e. The first-order valence-electron chi connectivity index (χ1n) is 18.3. The van der Waals surface area contributed by atoms with Gasteiger partial charge in [-0.25, -0.2) is 0 Å². The molecule has 0 nitrogen and oxygen atoms in total. The molecule has 0 heterocycles. The average molecular weight is 543 g/mol. The molecule has 0 aliphatic heterocycles. The van der Waals surface area contributed by atoms with Gasteiger partial charge in [0.1, 0.15) is 0 Å². The van der Waals surface area contributed by atoms with Gasteiger partial charge in [0.2, 0.25) is 0 Å². The summed E-state index contributed by atoms with van der Waals surface area (Å²) in [4.78, 5) is 0. The van der Waals surface area contributed by atoms with Gasteiger partial charge in [0.15, 0.2) is 0 Å². The van der Waals surface area contributed by atoms with Gasteiger partial charge >= 0.3 is 0 Å². The maximum atomic E-state index is 2.61. The molecule has 4 rings (SSSR count). The van der Waals surface area contributed by atoms with Gasteiger partial charge in [-0.05, 0) is 135 Å². The van der Waals surface area contributed by atoms with Gasteiger partial charge < -0.3 is 0 Å². The molecule has 0 aromatic heterocycles. The highest BCUT2D eigenvalue weighted by Crippen LogP contribution is 2.52. The van der Waals surface area contributed by atoms with Gasteiger partial charge in [-0.2, -0.15) is 0 Å². The molecule has 0 bridgehead atoms. The predicted octanol–water partition coefficient (Wildman–Crippen LogP) is 12.4. The average Bonchev–Trinajstić information content (AvgIpc) is 2.95. The highest BCUT2D eigenvalue weighted by Gasteiger charge is 2.42. The molecular weight excluding hydrogens is 472 g/mol. The Hall–Kier alpha value is 0.217. The van der Waals surface area contributed by atoms with Crippen LogP contribution in [0.25, 0.3) is 0 Å². The van der Waals surface area contributed by atoms with Gasteiger partial charge in [0.25, 0.3) is 0 Å². The monoisotopic (exact) mass is 543 g/mol. The molecule has 0 aromatic carbocycles. The van der Waals surface area contributed by atoms with Gasteiger partial charge in [0, 0.05) is 8.07 Å². The van der Waals surface area contributed by atoms with Crippen molar-refractivity contribution in [3.63, 3.8) is 0 Å². The van der Waals surface area contributed by atoms with Crippen molar-refractivity contribution >= 4 is 8.07 Å². The van der Waals surface area contributed by atoms with Crippen LogP contribution in [0, 0.1) is 59.2 Å². The summed E-state index contributed by atoms with van der Waals surface area (Å²) in [6.07, 6.45) is 29.4. The molecule has 4 fully saturated rings. The molecule has 0 spiro atoms. The first-order valence-corrected chi connectivity index (χ1v) is 21.8. The minimum Gasteiger partial charge on any atom is -0.0693 e. The summed E-state index contributed by atoms with van der Waals surface area (Å²) in [6, 6.07) is 0. The van der Waals surface area contributed by atoms with E-state index in [1.807, 2.05) is 0 Å². The van der Waals surface area contributed by atoms with E-state index in [1.165, 1.54) is 32.1 Å². The quantitative estimate of drug-likeness (QED) is 0.241. The number of hydrogen-bond donors (Lipinski definition) is 0. The van der Waals surface area contributed by atoms with Gasteiger partial charge in [-0.15, -0.1) is 0 Å². The Kier molecular flexibility index (Phi) is 11.8. The maximum absolute atomic E-state index is 2.61. The molecule has 0 radical (unpaired) electrons. The van der Waals surface area contributed by atoms with Crippen LogP contribution in [0.15, 0.2) is 0 Å². The van der Waals surface area contributed by atoms with Crippen molar-refractivity contribution < 1.29 is 0 Å². The van der Waals surface area contributed by atoms with Crippen molar-refractivity contribution in [1.29, 1.82) is 0 Å². The lowest BCUT2D eigenvalue weighted by Crippen LogP contribution is -2.38. The fraction of sp³-hybridized carbons (Fsp3) is 1.00. The van der Waals surface area contributed by atoms with E-state index in [0.717, 1.165) is 64.7 Å². The van der Waals surface area contributed by atoms with Crippen LogP contribution in [0.5, 0.6) is 0 Å². The van der Waals surface area contributed by atoms with Crippen molar-refractivity contribution in [2.75, 3.05) is 0 Å². The first kappa shape index (κ1) is 31.2. The molecule has 0 amide bonds. The molecule has 4 aliphatic rings. The molecule has 38 heavy (non-hydrogen) atoms. The van der Waals surface area contributed by atoms with Gasteiger partial charge in [-0.1, -0.05) is 98.7 Å². The number of hydrogen-bond acceptors (Lipinski definition) is 0. The summed E-state index contributed by atoms with van der Waals surface area (Å²) < 4.78 is 0. The second-order valence-corrected chi connectivity index (χ2v) is 22.0. The molecule has 0 aromatic rings. The third-order valence-electron chi connectivity index (χ3n) is 13.9. The fourth-order valence-electron chi connectivity index (χ4n) is 11.0.